The van der Waals surface area contributed by atoms with Crippen LogP contribution in [0.4, 0.5) is 23.7 Å². The minimum absolute atomic E-state index is 0.107. The molecule has 5 nitrogen and oxygen atoms in total. The van der Waals surface area contributed by atoms with Gasteiger partial charge in [0.1, 0.15) is 12.4 Å². The van der Waals surface area contributed by atoms with Gasteiger partial charge >= 0.3 is 12.6 Å². The van der Waals surface area contributed by atoms with Crippen LogP contribution < -0.4 is 20.1 Å². The molecule has 2 amide bonds. The molecule has 128 valence electrons. The molecule has 2 N–H and O–H groups in total. The zero-order chi connectivity index (χ0) is 17.4. The van der Waals surface area contributed by atoms with Crippen LogP contribution in [0.5, 0.6) is 11.5 Å². The van der Waals surface area contributed by atoms with Crippen LogP contribution in [0, 0.1) is 5.82 Å². The molecule has 2 rings (SSSR count). The van der Waals surface area contributed by atoms with Gasteiger partial charge in [-0.1, -0.05) is 18.2 Å². The molecule has 0 aliphatic carbocycles. The van der Waals surface area contributed by atoms with Crippen LogP contribution in [0.3, 0.4) is 0 Å². The van der Waals surface area contributed by atoms with E-state index in [-0.39, 0.29) is 18.8 Å². The molecule has 0 aliphatic heterocycles. The lowest BCUT2D eigenvalue weighted by Crippen LogP contribution is -2.32. The quantitative estimate of drug-likeness (QED) is 0.757. The number of carbonyl (C=O) groups is 1. The third kappa shape index (κ3) is 5.71. The number of urea groups is 1. The summed E-state index contributed by atoms with van der Waals surface area (Å²) in [6.45, 7) is -2.63. The number of benzene rings is 2. The molecular formula is C16H15F3N2O3. The lowest BCUT2D eigenvalue weighted by Gasteiger charge is -2.10. The van der Waals surface area contributed by atoms with Crippen molar-refractivity contribution in [3.8, 4) is 11.5 Å². The number of alkyl halides is 2. The SMILES string of the molecule is O=C(NCCOc1ccccc1)Nc1ccc(OC(F)F)c(F)c1. The van der Waals surface area contributed by atoms with E-state index < -0.39 is 24.2 Å². The first-order chi connectivity index (χ1) is 11.5. The number of rotatable bonds is 7. The molecule has 0 bridgehead atoms. The van der Waals surface area contributed by atoms with E-state index in [0.717, 1.165) is 12.1 Å². The van der Waals surface area contributed by atoms with Gasteiger partial charge in [0, 0.05) is 11.8 Å². The van der Waals surface area contributed by atoms with Gasteiger partial charge in [0.2, 0.25) is 0 Å². The summed E-state index contributed by atoms with van der Waals surface area (Å²) in [5, 5.41) is 4.89. The lowest BCUT2D eigenvalue weighted by molar-refractivity contribution is -0.0521. The highest BCUT2D eigenvalue weighted by molar-refractivity contribution is 5.89. The second-order valence-electron chi connectivity index (χ2n) is 4.57. The van der Waals surface area contributed by atoms with E-state index in [0.29, 0.717) is 5.75 Å². The van der Waals surface area contributed by atoms with Crippen LogP contribution in [-0.2, 0) is 0 Å². The Morgan fingerprint density at radius 2 is 1.88 bits per heavy atom. The molecule has 0 saturated carbocycles. The van der Waals surface area contributed by atoms with Gasteiger partial charge in [-0.3, -0.25) is 0 Å². The molecule has 0 saturated heterocycles. The summed E-state index contributed by atoms with van der Waals surface area (Å²) in [5.41, 5.74) is 0.107. The van der Waals surface area contributed by atoms with E-state index in [1.807, 2.05) is 18.2 Å². The van der Waals surface area contributed by atoms with E-state index in [1.54, 1.807) is 12.1 Å². The standard InChI is InChI=1S/C16H15F3N2O3/c17-13-10-11(6-7-14(13)24-15(18)19)21-16(22)20-8-9-23-12-4-2-1-3-5-12/h1-7,10,15H,8-9H2,(H2,20,21,22). The van der Waals surface area contributed by atoms with Crippen molar-refractivity contribution in [2.24, 2.45) is 0 Å². The Kier molecular flexibility index (Phi) is 6.30. The van der Waals surface area contributed by atoms with Gasteiger partial charge in [-0.05, 0) is 24.3 Å². The molecular weight excluding hydrogens is 325 g/mol. The molecule has 0 heterocycles. The zero-order valence-electron chi connectivity index (χ0n) is 12.5. The van der Waals surface area contributed by atoms with Crippen molar-refractivity contribution in [2.75, 3.05) is 18.5 Å². The predicted molar refractivity (Wildman–Crippen MR) is 82.0 cm³/mol. The Balaban J connectivity index is 1.75. The number of hydrogen-bond donors (Lipinski definition) is 2. The number of ether oxygens (including phenoxy) is 2. The highest BCUT2D eigenvalue weighted by Gasteiger charge is 2.11. The van der Waals surface area contributed by atoms with Crippen molar-refractivity contribution >= 4 is 11.7 Å². The van der Waals surface area contributed by atoms with Crippen molar-refractivity contribution in [3.63, 3.8) is 0 Å². The summed E-state index contributed by atoms with van der Waals surface area (Å²) in [6, 6.07) is 11.6. The Morgan fingerprint density at radius 3 is 2.54 bits per heavy atom. The van der Waals surface area contributed by atoms with Crippen molar-refractivity contribution in [1.82, 2.24) is 5.32 Å². The van der Waals surface area contributed by atoms with Crippen LogP contribution in [0.1, 0.15) is 0 Å². The molecule has 0 atom stereocenters. The number of hydrogen-bond acceptors (Lipinski definition) is 3. The van der Waals surface area contributed by atoms with Crippen LogP contribution in [0.15, 0.2) is 48.5 Å². The molecule has 0 unspecified atom stereocenters. The molecule has 0 aromatic heterocycles. The van der Waals surface area contributed by atoms with E-state index >= 15 is 0 Å². The highest BCUT2D eigenvalue weighted by Crippen LogP contribution is 2.22. The fourth-order valence-electron chi connectivity index (χ4n) is 1.80. The Morgan fingerprint density at radius 1 is 1.12 bits per heavy atom. The van der Waals surface area contributed by atoms with E-state index in [2.05, 4.69) is 15.4 Å². The van der Waals surface area contributed by atoms with Crippen LogP contribution in [0.2, 0.25) is 0 Å². The van der Waals surface area contributed by atoms with E-state index in [9.17, 15) is 18.0 Å². The molecule has 2 aromatic rings. The van der Waals surface area contributed by atoms with Crippen LogP contribution in [-0.4, -0.2) is 25.8 Å². The van der Waals surface area contributed by atoms with Gasteiger partial charge < -0.3 is 20.1 Å². The number of carbonyl (C=O) groups excluding carboxylic acids is 1. The first-order valence-electron chi connectivity index (χ1n) is 7.01. The number of amides is 2. The molecule has 0 aliphatic rings. The van der Waals surface area contributed by atoms with Crippen molar-refractivity contribution in [3.05, 3.63) is 54.3 Å². The van der Waals surface area contributed by atoms with Gasteiger partial charge in [0.05, 0.1) is 6.54 Å². The van der Waals surface area contributed by atoms with Gasteiger partial charge in [0.15, 0.2) is 11.6 Å². The van der Waals surface area contributed by atoms with Gasteiger partial charge in [-0.2, -0.15) is 8.78 Å². The Bertz CT molecular complexity index is 669. The number of halogens is 3. The van der Waals surface area contributed by atoms with Crippen molar-refractivity contribution < 1.29 is 27.4 Å². The minimum Gasteiger partial charge on any atom is -0.492 e. The second-order valence-corrected chi connectivity index (χ2v) is 4.57. The Hall–Kier alpha value is -2.90. The number of nitrogens with one attached hydrogen (secondary N) is 2. The lowest BCUT2D eigenvalue weighted by atomic mass is 10.3. The van der Waals surface area contributed by atoms with Crippen LogP contribution >= 0.6 is 0 Å². The van der Waals surface area contributed by atoms with Gasteiger partial charge in [0.25, 0.3) is 0 Å². The Labute approximate surface area is 136 Å². The first-order valence-corrected chi connectivity index (χ1v) is 7.01. The predicted octanol–water partition coefficient (Wildman–Crippen LogP) is 3.63. The normalized spacial score (nSPS) is 10.3. The summed E-state index contributed by atoms with van der Waals surface area (Å²) in [4.78, 5) is 11.6. The fourth-order valence-corrected chi connectivity index (χ4v) is 1.80. The van der Waals surface area contributed by atoms with Gasteiger partial charge in [-0.25, -0.2) is 9.18 Å². The smallest absolute Gasteiger partial charge is 0.387 e. The largest absolute Gasteiger partial charge is 0.492 e. The number of para-hydroxylation sites is 1. The third-order valence-electron chi connectivity index (χ3n) is 2.81. The zero-order valence-corrected chi connectivity index (χ0v) is 12.5. The maximum atomic E-state index is 13.5. The monoisotopic (exact) mass is 340 g/mol. The average molecular weight is 340 g/mol. The molecule has 8 heteroatoms. The average Bonchev–Trinajstić information content (AvgIpc) is 2.55. The molecule has 0 fully saturated rings. The van der Waals surface area contributed by atoms with E-state index in [1.165, 1.54) is 6.07 Å². The first kappa shape index (κ1) is 17.5. The van der Waals surface area contributed by atoms with Crippen LogP contribution in [0.25, 0.3) is 0 Å². The maximum absolute atomic E-state index is 13.5. The highest BCUT2D eigenvalue weighted by atomic mass is 19.3. The molecule has 24 heavy (non-hydrogen) atoms. The van der Waals surface area contributed by atoms with Crippen molar-refractivity contribution in [2.45, 2.75) is 6.61 Å². The third-order valence-corrected chi connectivity index (χ3v) is 2.81. The maximum Gasteiger partial charge on any atom is 0.387 e. The van der Waals surface area contributed by atoms with Crippen molar-refractivity contribution in [1.29, 1.82) is 0 Å². The minimum atomic E-state index is -3.12. The van der Waals surface area contributed by atoms with Gasteiger partial charge in [-0.15, -0.1) is 0 Å². The summed E-state index contributed by atoms with van der Waals surface area (Å²) < 4.78 is 46.9. The topological polar surface area (TPSA) is 59.6 Å². The molecule has 0 radical (unpaired) electrons. The summed E-state index contributed by atoms with van der Waals surface area (Å²) in [7, 11) is 0. The summed E-state index contributed by atoms with van der Waals surface area (Å²) >= 11 is 0. The fraction of sp³-hybridized carbons (Fsp3) is 0.188. The molecule has 0 spiro atoms. The number of anilines is 1. The second kappa shape index (κ2) is 8.66. The molecule has 2 aromatic carbocycles. The van der Waals surface area contributed by atoms with E-state index in [4.69, 9.17) is 4.74 Å². The summed E-state index contributed by atoms with van der Waals surface area (Å²) in [5.74, 6) is -0.913. The summed E-state index contributed by atoms with van der Waals surface area (Å²) in [6.07, 6.45) is 0.